The van der Waals surface area contributed by atoms with Crippen molar-refractivity contribution in [2.75, 3.05) is 7.11 Å². The van der Waals surface area contributed by atoms with Gasteiger partial charge < -0.3 is 15.8 Å². The first-order valence-electron chi connectivity index (χ1n) is 9.24. The Balaban J connectivity index is 2.07. The largest absolute Gasteiger partial charge is 0.467 e. The minimum absolute atomic E-state index is 0.0650. The third-order valence-electron chi connectivity index (χ3n) is 5.25. The summed E-state index contributed by atoms with van der Waals surface area (Å²) < 4.78 is 4.89. The van der Waals surface area contributed by atoms with Gasteiger partial charge in [0, 0.05) is 18.4 Å². The number of amides is 1. The van der Waals surface area contributed by atoms with E-state index in [0.29, 0.717) is 6.42 Å². The third kappa shape index (κ3) is 5.30. The topological polar surface area (TPSA) is 81.4 Å². The average Bonchev–Trinajstić information content (AvgIpc) is 2.63. The summed E-state index contributed by atoms with van der Waals surface area (Å²) in [7, 11) is 1.35. The zero-order valence-electron chi connectivity index (χ0n) is 15.2. The normalized spacial score (nSPS) is 22.7. The van der Waals surface area contributed by atoms with Crippen LogP contribution in [0.15, 0.2) is 30.3 Å². The fourth-order valence-electron chi connectivity index (χ4n) is 3.83. The molecule has 1 unspecified atom stereocenters. The molecule has 0 spiro atoms. The van der Waals surface area contributed by atoms with Crippen LogP contribution in [0.25, 0.3) is 0 Å². The van der Waals surface area contributed by atoms with Crippen molar-refractivity contribution in [2.45, 2.75) is 57.5 Å². The number of carbonyl (C=O) groups is 2. The number of hydrogen-bond acceptors (Lipinski definition) is 4. The molecule has 1 saturated carbocycles. The Morgan fingerprint density at radius 2 is 1.92 bits per heavy atom. The van der Waals surface area contributed by atoms with Gasteiger partial charge in [-0.15, -0.1) is 0 Å². The van der Waals surface area contributed by atoms with Crippen LogP contribution in [0.3, 0.4) is 0 Å². The van der Waals surface area contributed by atoms with Gasteiger partial charge in [0.15, 0.2) is 0 Å². The number of ether oxygens (including phenoxy) is 1. The van der Waals surface area contributed by atoms with E-state index in [1.165, 1.54) is 7.11 Å². The van der Waals surface area contributed by atoms with Crippen molar-refractivity contribution in [3.8, 4) is 0 Å². The van der Waals surface area contributed by atoms with E-state index in [4.69, 9.17) is 10.5 Å². The van der Waals surface area contributed by atoms with Crippen LogP contribution >= 0.6 is 0 Å². The molecule has 0 heterocycles. The average molecular weight is 346 g/mol. The van der Waals surface area contributed by atoms with Gasteiger partial charge in [-0.2, -0.15) is 0 Å². The van der Waals surface area contributed by atoms with E-state index in [1.807, 2.05) is 37.3 Å². The molecule has 0 saturated heterocycles. The van der Waals surface area contributed by atoms with Gasteiger partial charge in [0.05, 0.1) is 7.11 Å². The Morgan fingerprint density at radius 1 is 1.24 bits per heavy atom. The Morgan fingerprint density at radius 3 is 2.52 bits per heavy atom. The Bertz CT molecular complexity index is 561. The molecule has 0 radical (unpaired) electrons. The molecule has 1 aliphatic carbocycles. The van der Waals surface area contributed by atoms with Gasteiger partial charge in [-0.1, -0.05) is 50.1 Å². The number of rotatable bonds is 7. The number of hydrogen-bond donors (Lipinski definition) is 2. The number of esters is 1. The molecule has 5 heteroatoms. The SMILES string of the molecule is CCC(C(=O)N[C@H](Cc1ccccc1)C(=O)OC)[C@H]1CCCC[C@H]1N. The zero-order valence-corrected chi connectivity index (χ0v) is 15.2. The van der Waals surface area contributed by atoms with Crippen molar-refractivity contribution in [2.24, 2.45) is 17.6 Å². The lowest BCUT2D eigenvalue weighted by Crippen LogP contribution is -2.49. The summed E-state index contributed by atoms with van der Waals surface area (Å²) in [6.07, 6.45) is 5.35. The van der Waals surface area contributed by atoms with Gasteiger partial charge in [-0.25, -0.2) is 4.79 Å². The van der Waals surface area contributed by atoms with Crippen molar-refractivity contribution in [1.82, 2.24) is 5.32 Å². The zero-order chi connectivity index (χ0) is 18.2. The molecular weight excluding hydrogens is 316 g/mol. The monoisotopic (exact) mass is 346 g/mol. The van der Waals surface area contributed by atoms with E-state index >= 15 is 0 Å². The second kappa shape index (κ2) is 9.56. The molecule has 0 bridgehead atoms. The standard InChI is InChI=1S/C20H30N2O3/c1-3-15(16-11-7-8-12-17(16)21)19(23)22-18(20(24)25-2)13-14-9-5-4-6-10-14/h4-6,9-10,15-18H,3,7-8,11-13,21H2,1-2H3,(H,22,23)/t15?,16-,17-,18-/m1/s1. The van der Waals surface area contributed by atoms with E-state index in [9.17, 15) is 9.59 Å². The highest BCUT2D eigenvalue weighted by Gasteiger charge is 2.34. The highest BCUT2D eigenvalue weighted by molar-refractivity contribution is 5.86. The predicted octanol–water partition coefficient (Wildman–Crippen LogP) is 2.43. The molecule has 2 rings (SSSR count). The third-order valence-corrected chi connectivity index (χ3v) is 5.25. The maximum Gasteiger partial charge on any atom is 0.328 e. The van der Waals surface area contributed by atoms with E-state index in [1.54, 1.807) is 0 Å². The van der Waals surface area contributed by atoms with E-state index in [2.05, 4.69) is 5.32 Å². The van der Waals surface area contributed by atoms with Crippen LogP contribution in [-0.2, 0) is 20.7 Å². The van der Waals surface area contributed by atoms with Gasteiger partial charge >= 0.3 is 5.97 Å². The minimum Gasteiger partial charge on any atom is -0.467 e. The highest BCUT2D eigenvalue weighted by Crippen LogP contribution is 2.31. The highest BCUT2D eigenvalue weighted by atomic mass is 16.5. The Kier molecular flexibility index (Phi) is 7.44. The van der Waals surface area contributed by atoms with Crippen LogP contribution in [0.4, 0.5) is 0 Å². The summed E-state index contributed by atoms with van der Waals surface area (Å²) in [5.74, 6) is -0.469. The molecule has 0 aromatic heterocycles. The van der Waals surface area contributed by atoms with Crippen molar-refractivity contribution in [3.63, 3.8) is 0 Å². The quantitative estimate of drug-likeness (QED) is 0.743. The number of carbonyl (C=O) groups excluding carboxylic acids is 2. The molecule has 1 amide bonds. The summed E-state index contributed by atoms with van der Waals surface area (Å²) in [4.78, 5) is 25.0. The van der Waals surface area contributed by atoms with E-state index in [0.717, 1.165) is 37.7 Å². The molecule has 25 heavy (non-hydrogen) atoms. The summed E-state index contributed by atoms with van der Waals surface area (Å²) in [5, 5.41) is 2.92. The number of nitrogens with one attached hydrogen (secondary N) is 1. The van der Waals surface area contributed by atoms with Crippen LogP contribution in [0.5, 0.6) is 0 Å². The van der Waals surface area contributed by atoms with Crippen LogP contribution in [0.2, 0.25) is 0 Å². The molecule has 4 atom stereocenters. The minimum atomic E-state index is -0.672. The fraction of sp³-hybridized carbons (Fsp3) is 0.600. The van der Waals surface area contributed by atoms with Crippen molar-refractivity contribution < 1.29 is 14.3 Å². The molecule has 1 aromatic carbocycles. The maximum absolute atomic E-state index is 12.9. The van der Waals surface area contributed by atoms with Crippen molar-refractivity contribution in [3.05, 3.63) is 35.9 Å². The van der Waals surface area contributed by atoms with Crippen LogP contribution < -0.4 is 11.1 Å². The van der Waals surface area contributed by atoms with Crippen LogP contribution in [0, 0.1) is 11.8 Å². The Labute approximate surface area is 150 Å². The van der Waals surface area contributed by atoms with Crippen molar-refractivity contribution >= 4 is 11.9 Å². The van der Waals surface area contributed by atoms with Gasteiger partial charge in [0.2, 0.25) is 5.91 Å². The first-order valence-corrected chi connectivity index (χ1v) is 9.24. The summed E-state index contributed by atoms with van der Waals surface area (Å²) >= 11 is 0. The fourth-order valence-corrected chi connectivity index (χ4v) is 3.83. The predicted molar refractivity (Wildman–Crippen MR) is 97.8 cm³/mol. The van der Waals surface area contributed by atoms with E-state index < -0.39 is 12.0 Å². The number of nitrogens with two attached hydrogens (primary N) is 1. The van der Waals surface area contributed by atoms with Crippen LogP contribution in [0.1, 0.15) is 44.6 Å². The second-order valence-electron chi connectivity index (χ2n) is 6.90. The first-order chi connectivity index (χ1) is 12.1. The molecule has 138 valence electrons. The lowest BCUT2D eigenvalue weighted by molar-refractivity contribution is -0.146. The first kappa shape index (κ1) is 19.4. The van der Waals surface area contributed by atoms with Gasteiger partial charge in [0.25, 0.3) is 0 Å². The van der Waals surface area contributed by atoms with Gasteiger partial charge in [0.1, 0.15) is 6.04 Å². The smallest absolute Gasteiger partial charge is 0.328 e. The summed E-state index contributed by atoms with van der Waals surface area (Å²) in [6.45, 7) is 2.01. The molecule has 0 aliphatic heterocycles. The lowest BCUT2D eigenvalue weighted by atomic mass is 9.75. The van der Waals surface area contributed by atoms with Gasteiger partial charge in [-0.05, 0) is 30.7 Å². The molecule has 1 aromatic rings. The summed E-state index contributed by atoms with van der Waals surface area (Å²) in [5.41, 5.74) is 7.25. The maximum atomic E-state index is 12.9. The number of benzene rings is 1. The molecular formula is C20H30N2O3. The second-order valence-corrected chi connectivity index (χ2v) is 6.90. The molecule has 3 N–H and O–H groups in total. The number of methoxy groups -OCH3 is 1. The molecule has 1 aliphatic rings. The molecule has 1 fully saturated rings. The Hall–Kier alpha value is -1.88. The lowest BCUT2D eigenvalue weighted by Gasteiger charge is -2.34. The van der Waals surface area contributed by atoms with E-state index in [-0.39, 0.29) is 23.8 Å². The summed E-state index contributed by atoms with van der Waals surface area (Å²) in [6, 6.07) is 9.03. The molecule has 5 nitrogen and oxygen atoms in total. The van der Waals surface area contributed by atoms with Crippen molar-refractivity contribution in [1.29, 1.82) is 0 Å². The van der Waals surface area contributed by atoms with Crippen LogP contribution in [-0.4, -0.2) is 31.1 Å². The van der Waals surface area contributed by atoms with Gasteiger partial charge in [-0.3, -0.25) is 4.79 Å².